The molecule has 0 bridgehead atoms. The number of aliphatic hydroxyl groups is 1. The van der Waals surface area contributed by atoms with Gasteiger partial charge in [0.2, 0.25) is 5.91 Å². The summed E-state index contributed by atoms with van der Waals surface area (Å²) in [6, 6.07) is -0.845. The van der Waals surface area contributed by atoms with E-state index in [4.69, 9.17) is 9.05 Å². The van der Waals surface area contributed by atoms with Crippen LogP contribution in [0, 0.1) is 0 Å². The first-order valence-electron chi connectivity index (χ1n) is 25.5. The second-order valence-corrected chi connectivity index (χ2v) is 20.0. The van der Waals surface area contributed by atoms with Crippen molar-refractivity contribution in [3.8, 4) is 0 Å². The number of phosphoric acid groups is 1. The van der Waals surface area contributed by atoms with E-state index in [2.05, 4.69) is 55.6 Å². The number of allylic oxidation sites excluding steroid dienone is 7. The minimum absolute atomic E-state index is 0.0607. The van der Waals surface area contributed by atoms with Crippen molar-refractivity contribution >= 4 is 13.7 Å². The third-order valence-corrected chi connectivity index (χ3v) is 12.3. The van der Waals surface area contributed by atoms with Gasteiger partial charge in [0, 0.05) is 6.42 Å². The van der Waals surface area contributed by atoms with Gasteiger partial charge in [-0.1, -0.05) is 210 Å². The van der Waals surface area contributed by atoms with E-state index in [1.807, 2.05) is 27.2 Å². The Labute approximate surface area is 378 Å². The maximum Gasteiger partial charge on any atom is 0.472 e. The van der Waals surface area contributed by atoms with Crippen LogP contribution in [0.25, 0.3) is 0 Å². The highest BCUT2D eigenvalue weighted by Crippen LogP contribution is 2.43. The Bertz CT molecular complexity index is 1130. The molecule has 0 radical (unpaired) electrons. The molecule has 0 heterocycles. The Morgan fingerprint density at radius 1 is 0.557 bits per heavy atom. The normalized spacial score (nSPS) is 14.5. The lowest BCUT2D eigenvalue weighted by atomic mass is 10.0. The van der Waals surface area contributed by atoms with Gasteiger partial charge in [-0.15, -0.1) is 0 Å². The van der Waals surface area contributed by atoms with Crippen LogP contribution in [0.4, 0.5) is 0 Å². The smallest absolute Gasteiger partial charge is 0.387 e. The van der Waals surface area contributed by atoms with Gasteiger partial charge in [-0.3, -0.25) is 13.8 Å². The molecular formula is C52H100N2O6P+. The standard InChI is InChI=1S/C52H99N2O6P/c1-6-8-10-12-14-16-18-19-20-21-22-23-24-25-26-27-28-29-30-31-32-33-34-35-36-38-40-42-44-46-52(56)53-50(49-60-61(57,58)59-48-47-54(3,4)5)51(55)45-43-41-39-37-17-15-13-11-9-7-2/h18-19,21-22,24-25,43,45,50-51,55H,6-17,20,23,26-42,44,46-49H2,1-5H3,(H-,53,56,57,58)/p+1/b19-18-,22-21-,25-24-,45-43+. The van der Waals surface area contributed by atoms with Crippen molar-refractivity contribution in [2.75, 3.05) is 40.9 Å². The fraction of sp³-hybridized carbons (Fsp3) is 0.827. The Balaban J connectivity index is 4.08. The van der Waals surface area contributed by atoms with Gasteiger partial charge < -0.3 is 19.8 Å². The number of aliphatic hydroxyl groups excluding tert-OH is 1. The molecule has 0 aliphatic carbocycles. The number of nitrogens with one attached hydrogen (secondary N) is 1. The van der Waals surface area contributed by atoms with E-state index in [9.17, 15) is 19.4 Å². The largest absolute Gasteiger partial charge is 0.472 e. The third kappa shape index (κ3) is 46.3. The minimum Gasteiger partial charge on any atom is -0.387 e. The zero-order chi connectivity index (χ0) is 45.0. The number of hydrogen-bond donors (Lipinski definition) is 3. The zero-order valence-corrected chi connectivity index (χ0v) is 41.5. The monoisotopic (exact) mass is 880 g/mol. The molecule has 0 saturated heterocycles. The highest BCUT2D eigenvalue weighted by molar-refractivity contribution is 7.47. The van der Waals surface area contributed by atoms with Crippen LogP contribution < -0.4 is 5.32 Å². The van der Waals surface area contributed by atoms with Gasteiger partial charge in [0.05, 0.1) is 39.9 Å². The number of carbonyl (C=O) groups excluding carboxylic acids is 1. The van der Waals surface area contributed by atoms with Crippen molar-refractivity contribution in [3.63, 3.8) is 0 Å². The van der Waals surface area contributed by atoms with Crippen LogP contribution in [0.15, 0.2) is 48.6 Å². The van der Waals surface area contributed by atoms with E-state index in [-0.39, 0.29) is 19.1 Å². The van der Waals surface area contributed by atoms with Crippen LogP contribution in [0.3, 0.4) is 0 Å². The average molecular weight is 880 g/mol. The summed E-state index contributed by atoms with van der Waals surface area (Å²) in [5.74, 6) is -0.180. The number of carbonyl (C=O) groups is 1. The van der Waals surface area contributed by atoms with Crippen molar-refractivity contribution in [3.05, 3.63) is 48.6 Å². The van der Waals surface area contributed by atoms with Gasteiger partial charge in [-0.25, -0.2) is 4.57 Å². The number of nitrogens with zero attached hydrogens (tertiary/aromatic N) is 1. The van der Waals surface area contributed by atoms with E-state index in [0.29, 0.717) is 17.4 Å². The fourth-order valence-electron chi connectivity index (χ4n) is 7.22. The Kier molecular flexibility index (Phi) is 42.6. The van der Waals surface area contributed by atoms with E-state index in [0.717, 1.165) is 51.4 Å². The van der Waals surface area contributed by atoms with Crippen LogP contribution in [0.5, 0.6) is 0 Å². The molecule has 0 aliphatic rings. The minimum atomic E-state index is -4.34. The SMILES string of the molecule is CCCCCCC/C=C\C/C=C\C/C=C\CCCCCCCCCCCCCCCCC(=O)NC(COP(=O)(O)OCC[N+](C)(C)C)C(O)/C=C/CCCCCCCCCC. The number of likely N-dealkylation sites (N-methyl/N-ethyl adjacent to an activating group) is 1. The molecule has 0 spiro atoms. The molecule has 0 aromatic heterocycles. The summed E-state index contributed by atoms with van der Waals surface area (Å²) in [6.07, 6.45) is 56.3. The fourth-order valence-corrected chi connectivity index (χ4v) is 7.96. The summed E-state index contributed by atoms with van der Waals surface area (Å²) in [6.45, 7) is 4.78. The molecule has 0 aliphatic heterocycles. The molecule has 0 fully saturated rings. The van der Waals surface area contributed by atoms with Crippen molar-refractivity contribution in [2.24, 2.45) is 0 Å². The van der Waals surface area contributed by atoms with Crippen LogP contribution in [-0.4, -0.2) is 73.4 Å². The molecule has 0 rings (SSSR count). The molecule has 0 aromatic rings. The van der Waals surface area contributed by atoms with Gasteiger partial charge >= 0.3 is 7.82 Å². The number of hydrogen-bond acceptors (Lipinski definition) is 5. The summed E-state index contributed by atoms with van der Waals surface area (Å²) < 4.78 is 23.6. The molecule has 1 amide bonds. The first kappa shape index (κ1) is 59.5. The Morgan fingerprint density at radius 3 is 1.36 bits per heavy atom. The van der Waals surface area contributed by atoms with Crippen molar-refractivity contribution in [1.29, 1.82) is 0 Å². The number of unbranched alkanes of at least 4 members (excludes halogenated alkanes) is 27. The van der Waals surface area contributed by atoms with Crippen molar-refractivity contribution < 1.29 is 32.9 Å². The lowest BCUT2D eigenvalue weighted by Gasteiger charge is -2.25. The van der Waals surface area contributed by atoms with Crippen LogP contribution >= 0.6 is 7.82 Å². The predicted octanol–water partition coefficient (Wildman–Crippen LogP) is 14.8. The van der Waals surface area contributed by atoms with E-state index < -0.39 is 20.0 Å². The molecule has 358 valence electrons. The Morgan fingerprint density at radius 2 is 0.934 bits per heavy atom. The number of quaternary nitrogens is 1. The van der Waals surface area contributed by atoms with Crippen LogP contribution in [-0.2, 0) is 18.4 Å². The molecule has 9 heteroatoms. The number of rotatable bonds is 46. The first-order valence-corrected chi connectivity index (χ1v) is 27.0. The predicted molar refractivity (Wildman–Crippen MR) is 263 cm³/mol. The second kappa shape index (κ2) is 43.7. The highest BCUT2D eigenvalue weighted by atomic mass is 31.2. The molecule has 61 heavy (non-hydrogen) atoms. The number of phosphoric ester groups is 1. The van der Waals surface area contributed by atoms with Gasteiger partial charge in [-0.2, -0.15) is 0 Å². The van der Waals surface area contributed by atoms with Crippen LogP contribution in [0.2, 0.25) is 0 Å². The quantitative estimate of drug-likeness (QED) is 0.0243. The lowest BCUT2D eigenvalue weighted by Crippen LogP contribution is -2.45. The van der Waals surface area contributed by atoms with E-state index >= 15 is 0 Å². The molecule has 3 unspecified atom stereocenters. The lowest BCUT2D eigenvalue weighted by molar-refractivity contribution is -0.870. The molecule has 0 saturated carbocycles. The average Bonchev–Trinajstić information content (AvgIpc) is 3.21. The maximum absolute atomic E-state index is 12.9. The molecule has 3 N–H and O–H groups in total. The van der Waals surface area contributed by atoms with Crippen molar-refractivity contribution in [1.82, 2.24) is 5.32 Å². The summed E-state index contributed by atoms with van der Waals surface area (Å²) in [4.78, 5) is 23.1. The number of amides is 1. The van der Waals surface area contributed by atoms with Gasteiger partial charge in [0.25, 0.3) is 0 Å². The van der Waals surface area contributed by atoms with E-state index in [1.165, 1.54) is 154 Å². The summed E-state index contributed by atoms with van der Waals surface area (Å²) in [7, 11) is 1.57. The zero-order valence-electron chi connectivity index (χ0n) is 40.7. The van der Waals surface area contributed by atoms with Crippen molar-refractivity contribution in [2.45, 2.75) is 238 Å². The summed E-state index contributed by atoms with van der Waals surface area (Å²) >= 11 is 0. The van der Waals surface area contributed by atoms with Gasteiger partial charge in [0.1, 0.15) is 13.2 Å². The summed E-state index contributed by atoms with van der Waals surface area (Å²) in [5, 5.41) is 13.8. The third-order valence-electron chi connectivity index (χ3n) is 11.3. The highest BCUT2D eigenvalue weighted by Gasteiger charge is 2.27. The van der Waals surface area contributed by atoms with Gasteiger partial charge in [-0.05, 0) is 57.8 Å². The maximum atomic E-state index is 12.9. The summed E-state index contributed by atoms with van der Waals surface area (Å²) in [5.41, 5.74) is 0. The molecule has 3 atom stereocenters. The molecular weight excluding hydrogens is 780 g/mol. The van der Waals surface area contributed by atoms with Gasteiger partial charge in [0.15, 0.2) is 0 Å². The topological polar surface area (TPSA) is 105 Å². The van der Waals surface area contributed by atoms with Crippen LogP contribution in [0.1, 0.15) is 226 Å². The molecule has 0 aromatic carbocycles. The second-order valence-electron chi connectivity index (χ2n) is 18.5. The molecule has 8 nitrogen and oxygen atoms in total. The Hall–Kier alpha value is -1.54. The van der Waals surface area contributed by atoms with E-state index in [1.54, 1.807) is 6.08 Å². The first-order chi connectivity index (χ1) is 29.5.